The van der Waals surface area contributed by atoms with E-state index in [9.17, 15) is 4.79 Å². The van der Waals surface area contributed by atoms with Crippen LogP contribution in [0.25, 0.3) is 0 Å². The lowest BCUT2D eigenvalue weighted by Crippen LogP contribution is -2.21. The predicted molar refractivity (Wildman–Crippen MR) is 103 cm³/mol. The number of carbonyl (C=O) groups is 1. The average Bonchev–Trinajstić information content (AvgIpc) is 2.59. The van der Waals surface area contributed by atoms with E-state index in [1.807, 2.05) is 36.4 Å². The lowest BCUT2D eigenvalue weighted by Gasteiger charge is -2.19. The van der Waals surface area contributed by atoms with Crippen LogP contribution in [0.3, 0.4) is 0 Å². The Morgan fingerprint density at radius 3 is 2.20 bits per heavy atom. The number of methoxy groups -OCH3 is 1. The summed E-state index contributed by atoms with van der Waals surface area (Å²) in [6.07, 6.45) is 0.442. The zero-order chi connectivity index (χ0) is 18.3. The van der Waals surface area contributed by atoms with E-state index in [4.69, 9.17) is 4.74 Å². The summed E-state index contributed by atoms with van der Waals surface area (Å²) in [5.41, 5.74) is 3.38. The van der Waals surface area contributed by atoms with Crippen LogP contribution in [-0.4, -0.2) is 19.6 Å². The van der Waals surface area contributed by atoms with Crippen LogP contribution in [-0.2, 0) is 16.8 Å². The molecule has 0 heterocycles. The van der Waals surface area contributed by atoms with E-state index in [1.54, 1.807) is 7.11 Å². The molecule has 2 rings (SSSR count). The Morgan fingerprint density at radius 1 is 1.00 bits per heavy atom. The minimum Gasteiger partial charge on any atom is -0.497 e. The van der Waals surface area contributed by atoms with E-state index in [0.717, 1.165) is 18.0 Å². The molecule has 0 saturated carbocycles. The number of amides is 1. The lowest BCUT2D eigenvalue weighted by molar-refractivity contribution is -0.116. The molecule has 4 heteroatoms. The van der Waals surface area contributed by atoms with Gasteiger partial charge >= 0.3 is 0 Å². The maximum absolute atomic E-state index is 12.0. The number of carbonyl (C=O) groups excluding carboxylic acids is 1. The van der Waals surface area contributed by atoms with Gasteiger partial charge in [0.2, 0.25) is 5.91 Å². The Balaban J connectivity index is 1.71. The number of hydrogen-bond donors (Lipinski definition) is 2. The number of hydrogen-bond acceptors (Lipinski definition) is 3. The molecular weight excluding hydrogens is 312 g/mol. The maximum Gasteiger partial charge on any atom is 0.225 e. The van der Waals surface area contributed by atoms with Gasteiger partial charge in [0, 0.05) is 25.2 Å². The van der Waals surface area contributed by atoms with Crippen molar-refractivity contribution in [2.24, 2.45) is 0 Å². The molecule has 1 amide bonds. The normalized spacial score (nSPS) is 11.2. The van der Waals surface area contributed by atoms with Crippen molar-refractivity contribution in [1.29, 1.82) is 0 Å². The van der Waals surface area contributed by atoms with E-state index in [2.05, 4.69) is 43.5 Å². The molecule has 134 valence electrons. The molecule has 0 aromatic heterocycles. The highest BCUT2D eigenvalue weighted by Gasteiger charge is 2.13. The Bertz CT molecular complexity index is 671. The molecule has 0 unspecified atom stereocenters. The number of anilines is 1. The molecule has 0 spiro atoms. The van der Waals surface area contributed by atoms with Crippen LogP contribution >= 0.6 is 0 Å². The summed E-state index contributed by atoms with van der Waals surface area (Å²) in [6.45, 7) is 7.90. The monoisotopic (exact) mass is 340 g/mol. The molecule has 2 N–H and O–H groups in total. The largest absolute Gasteiger partial charge is 0.497 e. The van der Waals surface area contributed by atoms with Crippen LogP contribution in [0.15, 0.2) is 48.5 Å². The summed E-state index contributed by atoms with van der Waals surface area (Å²) in [5.74, 6) is 0.867. The molecule has 0 aliphatic rings. The van der Waals surface area contributed by atoms with Gasteiger partial charge in [-0.1, -0.05) is 45.0 Å². The second-order valence-electron chi connectivity index (χ2n) is 7.15. The topological polar surface area (TPSA) is 50.4 Å². The lowest BCUT2D eigenvalue weighted by atomic mass is 9.87. The molecule has 0 bridgehead atoms. The van der Waals surface area contributed by atoms with Crippen molar-refractivity contribution >= 4 is 11.6 Å². The second-order valence-corrected chi connectivity index (χ2v) is 7.15. The summed E-state index contributed by atoms with van der Waals surface area (Å²) in [6, 6.07) is 16.0. The highest BCUT2D eigenvalue weighted by Crippen LogP contribution is 2.23. The standard InChI is InChI=1S/C21H28N2O2/c1-21(2,3)17-7-9-18(10-8-17)23-20(24)13-14-22-15-16-5-11-19(25-4)12-6-16/h5-12,22H,13-15H2,1-4H3,(H,23,24). The van der Waals surface area contributed by atoms with Crippen LogP contribution in [0.5, 0.6) is 5.75 Å². The molecule has 2 aromatic carbocycles. The Kier molecular flexibility index (Phi) is 6.59. The Labute approximate surface area is 150 Å². The minimum atomic E-state index is 0.0192. The summed E-state index contributed by atoms with van der Waals surface area (Å²) in [4.78, 5) is 12.0. The number of rotatable bonds is 7. The average molecular weight is 340 g/mol. The smallest absolute Gasteiger partial charge is 0.225 e. The van der Waals surface area contributed by atoms with Crippen LogP contribution in [0, 0.1) is 0 Å². The summed E-state index contributed by atoms with van der Waals surface area (Å²) >= 11 is 0. The predicted octanol–water partition coefficient (Wildman–Crippen LogP) is 4.11. The van der Waals surface area contributed by atoms with Gasteiger partial charge in [-0.3, -0.25) is 4.79 Å². The van der Waals surface area contributed by atoms with Crippen molar-refractivity contribution in [3.8, 4) is 5.75 Å². The summed E-state index contributed by atoms with van der Waals surface area (Å²) in [7, 11) is 1.66. The van der Waals surface area contributed by atoms with Gasteiger partial charge < -0.3 is 15.4 Å². The van der Waals surface area contributed by atoms with Crippen molar-refractivity contribution in [3.05, 3.63) is 59.7 Å². The quantitative estimate of drug-likeness (QED) is 0.746. The van der Waals surface area contributed by atoms with Crippen molar-refractivity contribution in [1.82, 2.24) is 5.32 Å². The molecule has 4 nitrogen and oxygen atoms in total. The van der Waals surface area contributed by atoms with Gasteiger partial charge in [0.1, 0.15) is 5.75 Å². The van der Waals surface area contributed by atoms with Crippen LogP contribution in [0.1, 0.15) is 38.3 Å². The molecule has 0 saturated heterocycles. The molecule has 0 aliphatic heterocycles. The van der Waals surface area contributed by atoms with Gasteiger partial charge in [0.25, 0.3) is 0 Å². The van der Waals surface area contributed by atoms with Crippen molar-refractivity contribution < 1.29 is 9.53 Å². The molecule has 0 fully saturated rings. The van der Waals surface area contributed by atoms with Crippen molar-refractivity contribution in [3.63, 3.8) is 0 Å². The van der Waals surface area contributed by atoms with Gasteiger partial charge in [0.15, 0.2) is 0 Å². The van der Waals surface area contributed by atoms with Gasteiger partial charge in [-0.25, -0.2) is 0 Å². The second kappa shape index (κ2) is 8.67. The first kappa shape index (κ1) is 19.0. The van der Waals surface area contributed by atoms with Crippen molar-refractivity contribution in [2.45, 2.75) is 39.2 Å². The van der Waals surface area contributed by atoms with Crippen LogP contribution in [0.2, 0.25) is 0 Å². The third-order valence-electron chi connectivity index (χ3n) is 4.05. The van der Waals surface area contributed by atoms with E-state index >= 15 is 0 Å². The summed E-state index contributed by atoms with van der Waals surface area (Å²) in [5, 5.41) is 6.22. The highest BCUT2D eigenvalue weighted by molar-refractivity contribution is 5.90. The SMILES string of the molecule is COc1ccc(CNCCC(=O)Nc2ccc(C(C)(C)C)cc2)cc1. The van der Waals surface area contributed by atoms with E-state index in [0.29, 0.717) is 13.0 Å². The van der Waals surface area contributed by atoms with Crippen LogP contribution < -0.4 is 15.4 Å². The third kappa shape index (κ3) is 6.24. The maximum atomic E-state index is 12.0. The first-order valence-corrected chi connectivity index (χ1v) is 8.62. The zero-order valence-corrected chi connectivity index (χ0v) is 15.6. The number of benzene rings is 2. The highest BCUT2D eigenvalue weighted by atomic mass is 16.5. The van der Waals surface area contributed by atoms with Crippen molar-refractivity contribution in [2.75, 3.05) is 19.0 Å². The molecule has 0 radical (unpaired) electrons. The number of nitrogens with one attached hydrogen (secondary N) is 2. The Morgan fingerprint density at radius 2 is 1.64 bits per heavy atom. The first-order chi connectivity index (χ1) is 11.9. The van der Waals surface area contributed by atoms with E-state index in [-0.39, 0.29) is 11.3 Å². The van der Waals surface area contributed by atoms with Crippen LogP contribution in [0.4, 0.5) is 5.69 Å². The number of ether oxygens (including phenoxy) is 1. The molecule has 25 heavy (non-hydrogen) atoms. The van der Waals surface area contributed by atoms with Gasteiger partial charge in [-0.05, 0) is 40.8 Å². The fourth-order valence-electron chi connectivity index (χ4n) is 2.46. The zero-order valence-electron chi connectivity index (χ0n) is 15.6. The van der Waals surface area contributed by atoms with Gasteiger partial charge in [0.05, 0.1) is 7.11 Å². The van der Waals surface area contributed by atoms with E-state index < -0.39 is 0 Å². The minimum absolute atomic E-state index is 0.0192. The fraction of sp³-hybridized carbons (Fsp3) is 0.381. The summed E-state index contributed by atoms with van der Waals surface area (Å²) < 4.78 is 5.14. The molecule has 2 aromatic rings. The first-order valence-electron chi connectivity index (χ1n) is 8.62. The van der Waals surface area contributed by atoms with Gasteiger partial charge in [-0.2, -0.15) is 0 Å². The Hall–Kier alpha value is -2.33. The van der Waals surface area contributed by atoms with E-state index in [1.165, 1.54) is 11.1 Å². The molecular formula is C21H28N2O2. The molecule has 0 atom stereocenters. The molecule has 0 aliphatic carbocycles. The van der Waals surface area contributed by atoms with Gasteiger partial charge in [-0.15, -0.1) is 0 Å². The third-order valence-corrected chi connectivity index (χ3v) is 4.05. The fourth-order valence-corrected chi connectivity index (χ4v) is 2.46.